The molecule has 0 aliphatic rings. The average Bonchev–Trinajstić information content (AvgIpc) is 2.60. The van der Waals surface area contributed by atoms with E-state index < -0.39 is 0 Å². The van der Waals surface area contributed by atoms with Gasteiger partial charge in [0.25, 0.3) is 0 Å². The maximum Gasteiger partial charge on any atom is 0.0940 e. The third-order valence-electron chi connectivity index (χ3n) is 1.95. The SMILES string of the molecule is Cn1cc(-c2c(N)cnn2C)cn1. The van der Waals surface area contributed by atoms with Gasteiger partial charge in [0.1, 0.15) is 0 Å². The van der Waals surface area contributed by atoms with E-state index in [1.165, 1.54) is 0 Å². The number of nitrogens with zero attached hydrogens (tertiary/aromatic N) is 4. The zero-order chi connectivity index (χ0) is 9.42. The zero-order valence-electron chi connectivity index (χ0n) is 7.60. The molecule has 2 N–H and O–H groups in total. The number of rotatable bonds is 1. The fourth-order valence-corrected chi connectivity index (χ4v) is 1.35. The van der Waals surface area contributed by atoms with E-state index in [9.17, 15) is 0 Å². The molecular formula is C8H11N5. The minimum absolute atomic E-state index is 0.676. The van der Waals surface area contributed by atoms with Crippen molar-refractivity contribution in [1.29, 1.82) is 0 Å². The molecule has 2 heterocycles. The van der Waals surface area contributed by atoms with Gasteiger partial charge in [-0.05, 0) is 0 Å². The van der Waals surface area contributed by atoms with Crippen molar-refractivity contribution in [1.82, 2.24) is 19.6 Å². The minimum atomic E-state index is 0.676. The maximum absolute atomic E-state index is 5.76. The third kappa shape index (κ3) is 1.18. The van der Waals surface area contributed by atoms with Gasteiger partial charge >= 0.3 is 0 Å². The smallest absolute Gasteiger partial charge is 0.0940 e. The molecule has 0 aromatic carbocycles. The van der Waals surface area contributed by atoms with Crippen LogP contribution in [0.25, 0.3) is 11.3 Å². The molecular weight excluding hydrogens is 166 g/mol. The number of hydrogen-bond acceptors (Lipinski definition) is 3. The van der Waals surface area contributed by atoms with Gasteiger partial charge in [-0.2, -0.15) is 10.2 Å². The number of aromatic nitrogens is 4. The molecule has 0 atom stereocenters. The Balaban J connectivity index is 2.57. The zero-order valence-corrected chi connectivity index (χ0v) is 7.60. The largest absolute Gasteiger partial charge is 0.396 e. The highest BCUT2D eigenvalue weighted by Crippen LogP contribution is 2.23. The Morgan fingerprint density at radius 1 is 1.23 bits per heavy atom. The predicted molar refractivity (Wildman–Crippen MR) is 49.8 cm³/mol. The van der Waals surface area contributed by atoms with Crippen LogP contribution < -0.4 is 5.73 Å². The van der Waals surface area contributed by atoms with Gasteiger partial charge < -0.3 is 5.73 Å². The van der Waals surface area contributed by atoms with Crippen molar-refractivity contribution in [3.8, 4) is 11.3 Å². The third-order valence-corrected chi connectivity index (χ3v) is 1.95. The molecule has 0 fully saturated rings. The molecule has 2 rings (SSSR count). The maximum atomic E-state index is 5.76. The monoisotopic (exact) mass is 177 g/mol. The van der Waals surface area contributed by atoms with Crippen LogP contribution >= 0.6 is 0 Å². The van der Waals surface area contributed by atoms with Crippen molar-refractivity contribution < 1.29 is 0 Å². The Kier molecular flexibility index (Phi) is 1.58. The minimum Gasteiger partial charge on any atom is -0.396 e. The Morgan fingerprint density at radius 2 is 2.00 bits per heavy atom. The second kappa shape index (κ2) is 2.62. The summed E-state index contributed by atoms with van der Waals surface area (Å²) in [7, 11) is 3.73. The topological polar surface area (TPSA) is 61.7 Å². The lowest BCUT2D eigenvalue weighted by atomic mass is 10.2. The van der Waals surface area contributed by atoms with Crippen LogP contribution in [0, 0.1) is 0 Å². The van der Waals surface area contributed by atoms with Crippen LogP contribution in [0.4, 0.5) is 5.69 Å². The first-order valence-corrected chi connectivity index (χ1v) is 3.95. The van der Waals surface area contributed by atoms with Crippen molar-refractivity contribution in [2.75, 3.05) is 5.73 Å². The van der Waals surface area contributed by atoms with Crippen molar-refractivity contribution in [2.45, 2.75) is 0 Å². The molecule has 0 amide bonds. The van der Waals surface area contributed by atoms with Gasteiger partial charge in [0.2, 0.25) is 0 Å². The standard InChI is InChI=1S/C8H11N5/c1-12-5-6(3-10-12)8-7(9)4-11-13(8)2/h3-5H,9H2,1-2H3. The van der Waals surface area contributed by atoms with Crippen molar-refractivity contribution in [3.05, 3.63) is 18.6 Å². The van der Waals surface area contributed by atoms with Crippen LogP contribution in [-0.2, 0) is 14.1 Å². The normalized spacial score (nSPS) is 10.6. The van der Waals surface area contributed by atoms with E-state index in [4.69, 9.17) is 5.73 Å². The first-order chi connectivity index (χ1) is 6.18. The summed E-state index contributed by atoms with van der Waals surface area (Å²) in [6.07, 6.45) is 5.32. The van der Waals surface area contributed by atoms with Crippen LogP contribution in [0.3, 0.4) is 0 Å². The second-order valence-corrected chi connectivity index (χ2v) is 2.97. The summed E-state index contributed by atoms with van der Waals surface area (Å²) >= 11 is 0. The van der Waals surface area contributed by atoms with Crippen LogP contribution in [-0.4, -0.2) is 19.6 Å². The van der Waals surface area contributed by atoms with E-state index in [2.05, 4.69) is 10.2 Å². The molecule has 0 unspecified atom stereocenters. The first kappa shape index (κ1) is 7.85. The highest BCUT2D eigenvalue weighted by molar-refractivity contribution is 5.71. The Hall–Kier alpha value is -1.78. The van der Waals surface area contributed by atoms with Gasteiger partial charge in [-0.1, -0.05) is 0 Å². The fourth-order valence-electron chi connectivity index (χ4n) is 1.35. The van der Waals surface area contributed by atoms with Gasteiger partial charge in [0.15, 0.2) is 0 Å². The first-order valence-electron chi connectivity index (χ1n) is 3.95. The Bertz CT molecular complexity index is 406. The summed E-state index contributed by atoms with van der Waals surface area (Å²) in [6.45, 7) is 0. The lowest BCUT2D eigenvalue weighted by molar-refractivity contribution is 0.766. The second-order valence-electron chi connectivity index (χ2n) is 2.97. The molecule has 0 bridgehead atoms. The number of anilines is 1. The summed E-state index contributed by atoms with van der Waals surface area (Å²) < 4.78 is 3.48. The molecule has 0 spiro atoms. The van der Waals surface area contributed by atoms with E-state index in [1.54, 1.807) is 21.8 Å². The van der Waals surface area contributed by atoms with E-state index >= 15 is 0 Å². The van der Waals surface area contributed by atoms with Crippen LogP contribution in [0.5, 0.6) is 0 Å². The molecule has 68 valence electrons. The number of aryl methyl sites for hydroxylation is 2. The van der Waals surface area contributed by atoms with Gasteiger partial charge in [0.05, 0.1) is 23.8 Å². The van der Waals surface area contributed by atoms with E-state index in [1.807, 2.05) is 20.3 Å². The van der Waals surface area contributed by atoms with Gasteiger partial charge in [-0.3, -0.25) is 9.36 Å². The van der Waals surface area contributed by atoms with Crippen LogP contribution in [0.2, 0.25) is 0 Å². The molecule has 13 heavy (non-hydrogen) atoms. The molecule has 0 saturated heterocycles. The van der Waals surface area contributed by atoms with Crippen LogP contribution in [0.1, 0.15) is 0 Å². The van der Waals surface area contributed by atoms with E-state index in [0.717, 1.165) is 11.3 Å². The molecule has 5 heteroatoms. The summed E-state index contributed by atoms with van der Waals surface area (Å²) in [4.78, 5) is 0. The molecule has 0 radical (unpaired) electrons. The average molecular weight is 177 g/mol. The summed E-state index contributed by atoms with van der Waals surface area (Å²) in [5.41, 5.74) is 8.34. The predicted octanol–water partition coefficient (Wildman–Crippen LogP) is 0.403. The molecule has 2 aromatic heterocycles. The van der Waals surface area contributed by atoms with Gasteiger partial charge in [-0.25, -0.2) is 0 Å². The number of nitrogen functional groups attached to an aromatic ring is 1. The van der Waals surface area contributed by atoms with E-state index in [-0.39, 0.29) is 0 Å². The molecule has 5 nitrogen and oxygen atoms in total. The van der Waals surface area contributed by atoms with Crippen molar-refractivity contribution >= 4 is 5.69 Å². The lowest BCUT2D eigenvalue weighted by Gasteiger charge is -1.98. The van der Waals surface area contributed by atoms with Crippen molar-refractivity contribution in [2.24, 2.45) is 14.1 Å². The number of nitrogens with two attached hydrogens (primary N) is 1. The summed E-state index contributed by atoms with van der Waals surface area (Å²) in [5.74, 6) is 0. The lowest BCUT2D eigenvalue weighted by Crippen LogP contribution is -1.94. The van der Waals surface area contributed by atoms with E-state index in [0.29, 0.717) is 5.69 Å². The Labute approximate surface area is 75.8 Å². The summed E-state index contributed by atoms with van der Waals surface area (Å²) in [5, 5.41) is 8.13. The molecule has 0 saturated carbocycles. The molecule has 0 aliphatic carbocycles. The highest BCUT2D eigenvalue weighted by atomic mass is 15.3. The van der Waals surface area contributed by atoms with Gasteiger partial charge in [-0.15, -0.1) is 0 Å². The molecule has 2 aromatic rings. The highest BCUT2D eigenvalue weighted by Gasteiger charge is 2.09. The quantitative estimate of drug-likeness (QED) is 0.686. The fraction of sp³-hybridized carbons (Fsp3) is 0.250. The number of hydrogen-bond donors (Lipinski definition) is 1. The van der Waals surface area contributed by atoms with Crippen LogP contribution in [0.15, 0.2) is 18.6 Å². The Morgan fingerprint density at radius 3 is 2.46 bits per heavy atom. The van der Waals surface area contributed by atoms with Crippen molar-refractivity contribution in [3.63, 3.8) is 0 Å². The van der Waals surface area contributed by atoms with Gasteiger partial charge in [0, 0.05) is 25.9 Å². The summed E-state index contributed by atoms with van der Waals surface area (Å²) in [6, 6.07) is 0. The molecule has 0 aliphatic heterocycles.